The lowest BCUT2D eigenvalue weighted by molar-refractivity contribution is -0.119. The third kappa shape index (κ3) is 2.12. The maximum absolute atomic E-state index is 11.4. The van der Waals surface area contributed by atoms with E-state index < -0.39 is 0 Å². The summed E-state index contributed by atoms with van der Waals surface area (Å²) >= 11 is 1.75. The summed E-state index contributed by atoms with van der Waals surface area (Å²) in [7, 11) is 0. The van der Waals surface area contributed by atoms with Gasteiger partial charge in [0, 0.05) is 23.3 Å². The Kier molecular flexibility index (Phi) is 3.02. The van der Waals surface area contributed by atoms with Crippen LogP contribution in [0, 0.1) is 13.8 Å². The highest BCUT2D eigenvalue weighted by Gasteiger charge is 2.36. The first-order chi connectivity index (χ1) is 7.54. The summed E-state index contributed by atoms with van der Waals surface area (Å²) in [5, 5.41) is 4.26. The molecular formula is C12H18N2OS. The molecule has 0 bridgehead atoms. The van der Waals surface area contributed by atoms with Gasteiger partial charge in [-0.25, -0.2) is 4.98 Å². The molecule has 1 aromatic rings. The minimum absolute atomic E-state index is 0.0131. The van der Waals surface area contributed by atoms with Gasteiger partial charge >= 0.3 is 0 Å². The summed E-state index contributed by atoms with van der Waals surface area (Å²) in [5.41, 5.74) is 1.11. The SMILES string of the molecule is CCC1(Cc2sc(C)nc2C)CCC(=O)N1. The molecule has 1 atom stereocenters. The predicted molar refractivity (Wildman–Crippen MR) is 65.7 cm³/mol. The van der Waals surface area contributed by atoms with E-state index in [1.165, 1.54) is 4.88 Å². The molecular weight excluding hydrogens is 220 g/mol. The third-order valence-electron chi connectivity index (χ3n) is 3.41. The monoisotopic (exact) mass is 238 g/mol. The van der Waals surface area contributed by atoms with Crippen molar-refractivity contribution in [1.82, 2.24) is 10.3 Å². The summed E-state index contributed by atoms with van der Waals surface area (Å²) in [6.45, 7) is 6.24. The second-order valence-electron chi connectivity index (χ2n) is 4.60. The van der Waals surface area contributed by atoms with Gasteiger partial charge in [0.15, 0.2) is 0 Å². The Morgan fingerprint density at radius 2 is 2.25 bits per heavy atom. The van der Waals surface area contributed by atoms with Crippen molar-refractivity contribution in [3.63, 3.8) is 0 Å². The molecule has 2 rings (SSSR count). The van der Waals surface area contributed by atoms with E-state index in [0.717, 1.165) is 30.0 Å². The molecule has 2 heterocycles. The average molecular weight is 238 g/mol. The molecule has 4 heteroatoms. The topological polar surface area (TPSA) is 42.0 Å². The number of hydrogen-bond donors (Lipinski definition) is 1. The number of nitrogens with one attached hydrogen (secondary N) is 1. The predicted octanol–water partition coefficient (Wildman–Crippen LogP) is 2.36. The lowest BCUT2D eigenvalue weighted by Crippen LogP contribution is -2.42. The Morgan fingerprint density at radius 1 is 1.50 bits per heavy atom. The van der Waals surface area contributed by atoms with Crippen LogP contribution in [-0.4, -0.2) is 16.4 Å². The van der Waals surface area contributed by atoms with Gasteiger partial charge in [-0.05, 0) is 26.7 Å². The smallest absolute Gasteiger partial charge is 0.220 e. The standard InChI is InChI=1S/C12H18N2OS/c1-4-12(6-5-11(15)14-12)7-10-8(2)13-9(3)16-10/h4-7H2,1-3H3,(H,14,15). The van der Waals surface area contributed by atoms with Gasteiger partial charge in [0.05, 0.1) is 10.7 Å². The summed E-state index contributed by atoms with van der Waals surface area (Å²) < 4.78 is 0. The van der Waals surface area contributed by atoms with Gasteiger partial charge in [0.2, 0.25) is 5.91 Å². The molecule has 1 N–H and O–H groups in total. The number of rotatable bonds is 3. The molecule has 1 aliphatic rings. The van der Waals surface area contributed by atoms with E-state index in [2.05, 4.69) is 24.1 Å². The van der Waals surface area contributed by atoms with Crippen molar-refractivity contribution in [3.05, 3.63) is 15.6 Å². The summed E-state index contributed by atoms with van der Waals surface area (Å²) in [5.74, 6) is 0.195. The van der Waals surface area contributed by atoms with Crippen LogP contribution in [0.15, 0.2) is 0 Å². The fraction of sp³-hybridized carbons (Fsp3) is 0.667. The fourth-order valence-corrected chi connectivity index (χ4v) is 3.42. The van der Waals surface area contributed by atoms with Crippen LogP contribution in [-0.2, 0) is 11.2 Å². The Hall–Kier alpha value is -0.900. The van der Waals surface area contributed by atoms with Gasteiger partial charge in [-0.15, -0.1) is 11.3 Å². The molecule has 0 aliphatic carbocycles. The van der Waals surface area contributed by atoms with E-state index in [1.807, 2.05) is 6.92 Å². The average Bonchev–Trinajstić information content (AvgIpc) is 2.73. The van der Waals surface area contributed by atoms with E-state index in [1.54, 1.807) is 11.3 Å². The van der Waals surface area contributed by atoms with Gasteiger partial charge in [0.1, 0.15) is 0 Å². The molecule has 1 amide bonds. The summed E-state index contributed by atoms with van der Waals surface area (Å²) in [6.07, 6.45) is 3.56. The van der Waals surface area contributed by atoms with Crippen molar-refractivity contribution in [2.45, 2.75) is 52.0 Å². The molecule has 1 saturated heterocycles. The number of carbonyl (C=O) groups excluding carboxylic acids is 1. The zero-order valence-electron chi connectivity index (χ0n) is 10.1. The number of aromatic nitrogens is 1. The lowest BCUT2D eigenvalue weighted by Gasteiger charge is -2.27. The molecule has 88 valence electrons. The van der Waals surface area contributed by atoms with Gasteiger partial charge in [-0.2, -0.15) is 0 Å². The molecule has 0 saturated carbocycles. The van der Waals surface area contributed by atoms with E-state index in [4.69, 9.17) is 0 Å². The molecule has 3 nitrogen and oxygen atoms in total. The van der Waals surface area contributed by atoms with Gasteiger partial charge in [0.25, 0.3) is 0 Å². The lowest BCUT2D eigenvalue weighted by atomic mass is 9.89. The maximum atomic E-state index is 11.4. The maximum Gasteiger partial charge on any atom is 0.220 e. The Labute approximate surface area is 100 Å². The number of amides is 1. The van der Waals surface area contributed by atoms with E-state index in [9.17, 15) is 4.79 Å². The Morgan fingerprint density at radius 3 is 2.69 bits per heavy atom. The van der Waals surface area contributed by atoms with Crippen molar-refractivity contribution >= 4 is 17.2 Å². The van der Waals surface area contributed by atoms with E-state index >= 15 is 0 Å². The first-order valence-electron chi connectivity index (χ1n) is 5.78. The van der Waals surface area contributed by atoms with Crippen LogP contribution in [0.5, 0.6) is 0 Å². The number of hydrogen-bond acceptors (Lipinski definition) is 3. The van der Waals surface area contributed by atoms with Crippen LogP contribution >= 0.6 is 11.3 Å². The highest BCUT2D eigenvalue weighted by Crippen LogP contribution is 2.31. The molecule has 1 aromatic heterocycles. The van der Waals surface area contributed by atoms with Crippen molar-refractivity contribution in [2.75, 3.05) is 0 Å². The number of nitrogens with zero attached hydrogens (tertiary/aromatic N) is 1. The minimum Gasteiger partial charge on any atom is -0.350 e. The first kappa shape index (κ1) is 11.6. The molecule has 0 radical (unpaired) electrons. The second kappa shape index (κ2) is 4.17. The summed E-state index contributed by atoms with van der Waals surface area (Å²) in [4.78, 5) is 17.1. The number of thiazole rings is 1. The fourth-order valence-electron chi connectivity index (χ4n) is 2.34. The van der Waals surface area contributed by atoms with Crippen molar-refractivity contribution in [1.29, 1.82) is 0 Å². The normalized spacial score (nSPS) is 24.8. The quantitative estimate of drug-likeness (QED) is 0.878. The van der Waals surface area contributed by atoms with Crippen LogP contribution in [0.3, 0.4) is 0 Å². The van der Waals surface area contributed by atoms with Crippen LogP contribution in [0.25, 0.3) is 0 Å². The van der Waals surface area contributed by atoms with E-state index in [-0.39, 0.29) is 11.4 Å². The third-order valence-corrected chi connectivity index (χ3v) is 4.48. The molecule has 1 unspecified atom stereocenters. The van der Waals surface area contributed by atoms with Crippen LogP contribution in [0.2, 0.25) is 0 Å². The zero-order valence-corrected chi connectivity index (χ0v) is 10.9. The minimum atomic E-state index is -0.0131. The highest BCUT2D eigenvalue weighted by molar-refractivity contribution is 7.11. The Bertz CT molecular complexity index is 413. The zero-order chi connectivity index (χ0) is 11.8. The number of aryl methyl sites for hydroxylation is 2. The van der Waals surface area contributed by atoms with Gasteiger partial charge in [-0.1, -0.05) is 6.92 Å². The van der Waals surface area contributed by atoms with Gasteiger partial charge in [-0.3, -0.25) is 4.79 Å². The van der Waals surface area contributed by atoms with Crippen molar-refractivity contribution < 1.29 is 4.79 Å². The second-order valence-corrected chi connectivity index (χ2v) is 5.89. The van der Waals surface area contributed by atoms with Crippen molar-refractivity contribution in [2.24, 2.45) is 0 Å². The highest BCUT2D eigenvalue weighted by atomic mass is 32.1. The van der Waals surface area contributed by atoms with Crippen LogP contribution < -0.4 is 5.32 Å². The summed E-state index contributed by atoms with van der Waals surface area (Å²) in [6, 6.07) is 0. The molecule has 1 aliphatic heterocycles. The van der Waals surface area contributed by atoms with Gasteiger partial charge < -0.3 is 5.32 Å². The molecule has 1 fully saturated rings. The van der Waals surface area contributed by atoms with Crippen LogP contribution in [0.1, 0.15) is 41.8 Å². The Balaban J connectivity index is 2.19. The molecule has 0 spiro atoms. The van der Waals surface area contributed by atoms with Crippen LogP contribution in [0.4, 0.5) is 0 Å². The molecule has 0 aromatic carbocycles. The largest absolute Gasteiger partial charge is 0.350 e. The first-order valence-corrected chi connectivity index (χ1v) is 6.60. The van der Waals surface area contributed by atoms with Crippen molar-refractivity contribution in [3.8, 4) is 0 Å². The number of carbonyl (C=O) groups is 1. The molecule has 16 heavy (non-hydrogen) atoms. The van der Waals surface area contributed by atoms with E-state index in [0.29, 0.717) is 6.42 Å².